The number of nitrogens with one attached hydrogen (secondary N) is 1. The first-order valence-corrected chi connectivity index (χ1v) is 6.74. The van der Waals surface area contributed by atoms with Gasteiger partial charge in [-0.25, -0.2) is 0 Å². The van der Waals surface area contributed by atoms with Crippen LogP contribution in [-0.2, 0) is 25.7 Å². The third-order valence-corrected chi connectivity index (χ3v) is 4.06. The highest BCUT2D eigenvalue weighted by Gasteiger charge is 2.26. The Hall–Kier alpha value is -1.24. The lowest BCUT2D eigenvalue weighted by Gasteiger charge is -2.16. The molecule has 17 heavy (non-hydrogen) atoms. The highest BCUT2D eigenvalue weighted by Crippen LogP contribution is 2.40. The predicted molar refractivity (Wildman–Crippen MR) is 73.5 cm³/mol. The zero-order valence-electron chi connectivity index (χ0n) is 10.9. The van der Waals surface area contributed by atoms with Crippen LogP contribution in [0.3, 0.4) is 0 Å². The topological polar surface area (TPSA) is 12.0 Å². The maximum atomic E-state index is 4.01. The molecular weight excluding hydrogens is 206 g/mol. The number of anilines is 1. The maximum absolute atomic E-state index is 4.01. The molecular formula is C16H21N. The van der Waals surface area contributed by atoms with Crippen molar-refractivity contribution in [3.05, 3.63) is 40.6 Å². The minimum absolute atomic E-state index is 0.804. The lowest BCUT2D eigenvalue weighted by molar-refractivity contribution is 0.628. The Morgan fingerprint density at radius 1 is 1.24 bits per heavy atom. The van der Waals surface area contributed by atoms with Crippen LogP contribution in [0.25, 0.3) is 0 Å². The summed E-state index contributed by atoms with van der Waals surface area (Å²) in [6.45, 7) is 8.42. The van der Waals surface area contributed by atoms with Gasteiger partial charge in [0.25, 0.3) is 0 Å². The van der Waals surface area contributed by atoms with Crippen molar-refractivity contribution in [3.8, 4) is 0 Å². The van der Waals surface area contributed by atoms with Crippen molar-refractivity contribution < 1.29 is 0 Å². The number of rotatable bonds is 2. The van der Waals surface area contributed by atoms with Crippen LogP contribution in [0.5, 0.6) is 0 Å². The van der Waals surface area contributed by atoms with Gasteiger partial charge < -0.3 is 5.32 Å². The van der Waals surface area contributed by atoms with E-state index in [2.05, 4.69) is 31.8 Å². The van der Waals surface area contributed by atoms with Crippen LogP contribution in [0, 0.1) is 5.92 Å². The molecule has 0 amide bonds. The van der Waals surface area contributed by atoms with E-state index in [0.29, 0.717) is 0 Å². The number of hydrogen-bond acceptors (Lipinski definition) is 1. The molecule has 1 unspecified atom stereocenters. The summed E-state index contributed by atoms with van der Waals surface area (Å²) < 4.78 is 0. The molecule has 0 aliphatic heterocycles. The highest BCUT2D eigenvalue weighted by molar-refractivity contribution is 5.67. The van der Waals surface area contributed by atoms with E-state index < -0.39 is 0 Å². The summed E-state index contributed by atoms with van der Waals surface area (Å²) in [5.74, 6) is 0.804. The van der Waals surface area contributed by atoms with E-state index in [1.165, 1.54) is 37.8 Å². The average molecular weight is 227 g/mol. The minimum atomic E-state index is 0.804. The van der Waals surface area contributed by atoms with Crippen molar-refractivity contribution >= 4 is 5.69 Å². The molecule has 0 saturated carbocycles. The fourth-order valence-electron chi connectivity index (χ4n) is 3.43. The van der Waals surface area contributed by atoms with Gasteiger partial charge in [-0.05, 0) is 67.2 Å². The zero-order chi connectivity index (χ0) is 12.0. The number of aryl methyl sites for hydroxylation is 1. The molecule has 0 heterocycles. The first kappa shape index (κ1) is 10.9. The summed E-state index contributed by atoms with van der Waals surface area (Å²) in [7, 11) is 0. The van der Waals surface area contributed by atoms with E-state index in [9.17, 15) is 0 Å². The zero-order valence-corrected chi connectivity index (χ0v) is 10.9. The SMILES string of the molecule is C=C(C)Nc1c2c(cc3c1CC(C)C3)CCC2. The fraction of sp³-hybridized carbons (Fsp3) is 0.500. The second kappa shape index (κ2) is 3.90. The van der Waals surface area contributed by atoms with Gasteiger partial charge in [0.15, 0.2) is 0 Å². The Bertz CT molecular complexity index is 485. The molecule has 0 bridgehead atoms. The minimum Gasteiger partial charge on any atom is -0.359 e. The Balaban J connectivity index is 2.13. The molecule has 0 aromatic heterocycles. The van der Waals surface area contributed by atoms with Crippen LogP contribution in [0.4, 0.5) is 5.69 Å². The van der Waals surface area contributed by atoms with E-state index in [1.807, 2.05) is 0 Å². The predicted octanol–water partition coefficient (Wildman–Crippen LogP) is 3.86. The molecule has 1 aromatic carbocycles. The molecule has 0 saturated heterocycles. The third-order valence-electron chi connectivity index (χ3n) is 4.06. The van der Waals surface area contributed by atoms with E-state index in [4.69, 9.17) is 0 Å². The van der Waals surface area contributed by atoms with Crippen molar-refractivity contribution in [3.63, 3.8) is 0 Å². The Morgan fingerprint density at radius 2 is 2.06 bits per heavy atom. The summed E-state index contributed by atoms with van der Waals surface area (Å²) in [5, 5.41) is 3.53. The van der Waals surface area contributed by atoms with Crippen LogP contribution in [-0.4, -0.2) is 0 Å². The average Bonchev–Trinajstić information content (AvgIpc) is 2.82. The standard InChI is InChI=1S/C16H21N/c1-10(2)17-16-14-6-4-5-12(14)9-13-7-11(3)8-15(13)16/h9,11,17H,1,4-8H2,2-3H3. The van der Waals surface area contributed by atoms with E-state index in [0.717, 1.165) is 11.6 Å². The van der Waals surface area contributed by atoms with Crippen LogP contribution in [0.15, 0.2) is 18.3 Å². The summed E-state index contributed by atoms with van der Waals surface area (Å²) in [6, 6.07) is 2.48. The molecule has 2 aliphatic rings. The van der Waals surface area contributed by atoms with Crippen molar-refractivity contribution in [1.29, 1.82) is 0 Å². The van der Waals surface area contributed by atoms with Crippen molar-refractivity contribution in [2.45, 2.75) is 46.0 Å². The van der Waals surface area contributed by atoms with Crippen LogP contribution < -0.4 is 5.32 Å². The largest absolute Gasteiger partial charge is 0.359 e. The summed E-state index contributed by atoms with van der Waals surface area (Å²) in [5.41, 5.74) is 8.78. The van der Waals surface area contributed by atoms with Gasteiger partial charge in [0.1, 0.15) is 0 Å². The maximum Gasteiger partial charge on any atom is 0.0452 e. The quantitative estimate of drug-likeness (QED) is 0.809. The van der Waals surface area contributed by atoms with Crippen LogP contribution in [0.2, 0.25) is 0 Å². The van der Waals surface area contributed by atoms with Gasteiger partial charge in [0.2, 0.25) is 0 Å². The Morgan fingerprint density at radius 3 is 2.82 bits per heavy atom. The van der Waals surface area contributed by atoms with Gasteiger partial charge in [-0.2, -0.15) is 0 Å². The number of fused-ring (bicyclic) bond motifs is 2. The van der Waals surface area contributed by atoms with Crippen LogP contribution >= 0.6 is 0 Å². The molecule has 1 nitrogen and oxygen atoms in total. The smallest absolute Gasteiger partial charge is 0.0452 e. The monoisotopic (exact) mass is 227 g/mol. The fourth-order valence-corrected chi connectivity index (χ4v) is 3.43. The first-order chi connectivity index (χ1) is 8.15. The van der Waals surface area contributed by atoms with Gasteiger partial charge in [0.05, 0.1) is 0 Å². The Labute approximate surface area is 104 Å². The second-order valence-corrected chi connectivity index (χ2v) is 5.80. The Kier molecular flexibility index (Phi) is 2.50. The van der Waals surface area contributed by atoms with E-state index in [-0.39, 0.29) is 0 Å². The molecule has 1 atom stereocenters. The summed E-state index contributed by atoms with van der Waals surface area (Å²) in [6.07, 6.45) is 6.32. The van der Waals surface area contributed by atoms with Crippen LogP contribution in [0.1, 0.15) is 42.5 Å². The number of hydrogen-bond donors (Lipinski definition) is 1. The molecule has 1 heteroatoms. The lowest BCUT2D eigenvalue weighted by atomic mass is 9.98. The van der Waals surface area contributed by atoms with Gasteiger partial charge in [0, 0.05) is 11.4 Å². The molecule has 1 N–H and O–H groups in total. The van der Waals surface area contributed by atoms with Gasteiger partial charge in [-0.1, -0.05) is 19.6 Å². The number of allylic oxidation sites excluding steroid dienone is 1. The molecule has 0 radical (unpaired) electrons. The van der Waals surface area contributed by atoms with E-state index >= 15 is 0 Å². The molecule has 0 spiro atoms. The molecule has 2 aliphatic carbocycles. The van der Waals surface area contributed by atoms with Crippen molar-refractivity contribution in [2.75, 3.05) is 5.32 Å². The number of benzene rings is 1. The summed E-state index contributed by atoms with van der Waals surface area (Å²) >= 11 is 0. The van der Waals surface area contributed by atoms with Gasteiger partial charge in [-0.3, -0.25) is 0 Å². The van der Waals surface area contributed by atoms with Gasteiger partial charge >= 0.3 is 0 Å². The van der Waals surface area contributed by atoms with E-state index in [1.54, 1.807) is 22.3 Å². The van der Waals surface area contributed by atoms with Crippen molar-refractivity contribution in [1.82, 2.24) is 0 Å². The highest BCUT2D eigenvalue weighted by atomic mass is 14.9. The molecule has 3 rings (SSSR count). The molecule has 1 aromatic rings. The molecule has 90 valence electrons. The van der Waals surface area contributed by atoms with Gasteiger partial charge in [-0.15, -0.1) is 0 Å². The lowest BCUT2D eigenvalue weighted by Crippen LogP contribution is -2.03. The van der Waals surface area contributed by atoms with Crippen molar-refractivity contribution in [2.24, 2.45) is 5.92 Å². The second-order valence-electron chi connectivity index (χ2n) is 5.80. The normalized spacial score (nSPS) is 21.2. The first-order valence-electron chi connectivity index (χ1n) is 6.74. The third kappa shape index (κ3) is 1.78. The molecule has 0 fully saturated rings. The summed E-state index contributed by atoms with van der Waals surface area (Å²) in [4.78, 5) is 0.